The molecule has 1 saturated carbocycles. The zero-order chi connectivity index (χ0) is 13.9. The number of hydrogen-bond donors (Lipinski definition) is 3. The number of rotatable bonds is 3. The highest BCUT2D eigenvalue weighted by atomic mass is 127. The molecule has 20 heavy (non-hydrogen) atoms. The second kappa shape index (κ2) is 7.26. The van der Waals surface area contributed by atoms with Gasteiger partial charge in [-0.1, -0.05) is 18.9 Å². The van der Waals surface area contributed by atoms with Crippen LogP contribution in [0.25, 0.3) is 0 Å². The Hall–Kier alpha value is -0.820. The highest BCUT2D eigenvalue weighted by Crippen LogP contribution is 2.29. The van der Waals surface area contributed by atoms with E-state index in [-0.39, 0.29) is 24.0 Å². The molecule has 0 radical (unpaired) electrons. The Morgan fingerprint density at radius 1 is 1.25 bits per heavy atom. The number of aliphatic imine (C=N–C) groups is 1. The Kier molecular flexibility index (Phi) is 6.26. The largest absolute Gasteiger partial charge is 0.388 e. The summed E-state index contributed by atoms with van der Waals surface area (Å²) in [7, 11) is 0. The minimum absolute atomic E-state index is 0. The van der Waals surface area contributed by atoms with Gasteiger partial charge in [0.25, 0.3) is 0 Å². The molecule has 4 N–H and O–H groups in total. The van der Waals surface area contributed by atoms with Crippen LogP contribution in [-0.4, -0.2) is 23.2 Å². The van der Waals surface area contributed by atoms with Crippen LogP contribution in [0, 0.1) is 13.8 Å². The summed E-state index contributed by atoms with van der Waals surface area (Å²) in [6.45, 7) is 4.48. The molecule has 1 fully saturated rings. The average molecular weight is 389 g/mol. The lowest BCUT2D eigenvalue weighted by Gasteiger charge is -2.19. The molecular weight excluding hydrogens is 365 g/mol. The topological polar surface area (TPSA) is 70.6 Å². The van der Waals surface area contributed by atoms with E-state index < -0.39 is 5.60 Å². The van der Waals surface area contributed by atoms with E-state index >= 15 is 0 Å². The number of hydrogen-bond acceptors (Lipinski definition) is 2. The number of benzene rings is 1. The van der Waals surface area contributed by atoms with Crippen molar-refractivity contribution in [1.82, 2.24) is 0 Å². The molecule has 4 nitrogen and oxygen atoms in total. The zero-order valence-electron chi connectivity index (χ0n) is 12.1. The Bertz CT molecular complexity index is 462. The van der Waals surface area contributed by atoms with Gasteiger partial charge in [0.2, 0.25) is 0 Å². The van der Waals surface area contributed by atoms with Crippen LogP contribution in [0.4, 0.5) is 5.69 Å². The van der Waals surface area contributed by atoms with E-state index in [2.05, 4.69) is 16.4 Å². The van der Waals surface area contributed by atoms with E-state index in [1.54, 1.807) is 0 Å². The predicted molar refractivity (Wildman–Crippen MR) is 94.9 cm³/mol. The van der Waals surface area contributed by atoms with Crippen LogP contribution in [0.1, 0.15) is 36.8 Å². The van der Waals surface area contributed by atoms with Crippen LogP contribution >= 0.6 is 24.0 Å². The second-order valence-electron chi connectivity index (χ2n) is 5.63. The number of guanidine groups is 1. The predicted octanol–water partition coefficient (Wildman–Crippen LogP) is 2.95. The summed E-state index contributed by atoms with van der Waals surface area (Å²) < 4.78 is 0. The van der Waals surface area contributed by atoms with Gasteiger partial charge < -0.3 is 16.2 Å². The third-order valence-electron chi connectivity index (χ3n) is 3.57. The summed E-state index contributed by atoms with van der Waals surface area (Å²) in [4.78, 5) is 4.27. The Balaban J connectivity index is 0.00000200. The van der Waals surface area contributed by atoms with E-state index in [1.165, 1.54) is 11.1 Å². The first-order chi connectivity index (χ1) is 8.97. The van der Waals surface area contributed by atoms with Gasteiger partial charge in [0.05, 0.1) is 12.1 Å². The van der Waals surface area contributed by atoms with Gasteiger partial charge in [-0.25, -0.2) is 0 Å². The molecule has 0 atom stereocenters. The molecule has 0 unspecified atom stereocenters. The van der Waals surface area contributed by atoms with Crippen molar-refractivity contribution < 1.29 is 5.11 Å². The third kappa shape index (κ3) is 4.94. The van der Waals surface area contributed by atoms with Gasteiger partial charge in [-0.2, -0.15) is 0 Å². The molecule has 5 heteroatoms. The normalized spacial score (nSPS) is 17.6. The first-order valence-electron chi connectivity index (χ1n) is 6.84. The van der Waals surface area contributed by atoms with Crippen molar-refractivity contribution in [3.05, 3.63) is 29.3 Å². The van der Waals surface area contributed by atoms with E-state index in [1.807, 2.05) is 26.0 Å². The zero-order valence-corrected chi connectivity index (χ0v) is 14.5. The molecule has 112 valence electrons. The monoisotopic (exact) mass is 389 g/mol. The molecular formula is C15H24IN3O. The smallest absolute Gasteiger partial charge is 0.193 e. The summed E-state index contributed by atoms with van der Waals surface area (Å²) in [6.07, 6.45) is 3.81. The van der Waals surface area contributed by atoms with Crippen LogP contribution in [0.15, 0.2) is 23.2 Å². The fourth-order valence-electron chi connectivity index (χ4n) is 2.66. The number of aryl methyl sites for hydroxylation is 2. The van der Waals surface area contributed by atoms with Gasteiger partial charge >= 0.3 is 0 Å². The first-order valence-corrected chi connectivity index (χ1v) is 6.84. The maximum atomic E-state index is 10.2. The molecule has 0 bridgehead atoms. The molecule has 0 heterocycles. The van der Waals surface area contributed by atoms with Crippen molar-refractivity contribution in [3.63, 3.8) is 0 Å². The van der Waals surface area contributed by atoms with Gasteiger partial charge in [-0.3, -0.25) is 4.99 Å². The van der Waals surface area contributed by atoms with Crippen molar-refractivity contribution >= 4 is 35.6 Å². The third-order valence-corrected chi connectivity index (χ3v) is 3.57. The van der Waals surface area contributed by atoms with Crippen LogP contribution < -0.4 is 11.1 Å². The molecule has 1 aliphatic carbocycles. The molecule has 0 aromatic heterocycles. The lowest BCUT2D eigenvalue weighted by Crippen LogP contribution is -2.31. The number of aliphatic hydroxyl groups is 1. The molecule has 0 aliphatic heterocycles. The Morgan fingerprint density at radius 2 is 1.80 bits per heavy atom. The highest BCUT2D eigenvalue weighted by Gasteiger charge is 2.30. The molecule has 1 aromatic rings. The summed E-state index contributed by atoms with van der Waals surface area (Å²) in [5, 5.41) is 13.3. The number of nitrogens with two attached hydrogens (primary N) is 1. The molecule has 2 rings (SSSR count). The van der Waals surface area contributed by atoms with Gasteiger partial charge in [0.15, 0.2) is 5.96 Å². The number of anilines is 1. The van der Waals surface area contributed by atoms with E-state index in [0.29, 0.717) is 12.5 Å². The number of nitrogens with one attached hydrogen (secondary N) is 1. The van der Waals surface area contributed by atoms with Gasteiger partial charge in [0, 0.05) is 5.69 Å². The maximum absolute atomic E-state index is 10.2. The molecule has 0 saturated heterocycles. The summed E-state index contributed by atoms with van der Waals surface area (Å²) in [5.41, 5.74) is 8.54. The summed E-state index contributed by atoms with van der Waals surface area (Å²) in [5.74, 6) is 0.366. The Labute approximate surface area is 137 Å². The van der Waals surface area contributed by atoms with Crippen molar-refractivity contribution in [3.8, 4) is 0 Å². The van der Waals surface area contributed by atoms with Crippen LogP contribution in [0.2, 0.25) is 0 Å². The standard InChI is InChI=1S/C15H23N3O.HI/c1-11-7-12(2)9-13(8-11)18-14(16)17-10-15(19)5-3-4-6-15;/h7-9,19H,3-6,10H2,1-2H3,(H3,16,17,18);1H. The van der Waals surface area contributed by atoms with Crippen LogP contribution in [0.3, 0.4) is 0 Å². The minimum Gasteiger partial charge on any atom is -0.388 e. The van der Waals surface area contributed by atoms with E-state index in [0.717, 1.165) is 31.4 Å². The quantitative estimate of drug-likeness (QED) is 0.423. The van der Waals surface area contributed by atoms with E-state index in [9.17, 15) is 5.11 Å². The molecule has 0 spiro atoms. The molecule has 0 amide bonds. The fraction of sp³-hybridized carbons (Fsp3) is 0.533. The fourth-order valence-corrected chi connectivity index (χ4v) is 2.66. The molecule has 1 aromatic carbocycles. The number of halogens is 1. The van der Waals surface area contributed by atoms with Gasteiger partial charge in [-0.05, 0) is 49.9 Å². The SMILES string of the molecule is Cc1cc(C)cc(NC(N)=NCC2(O)CCCC2)c1.I. The van der Waals surface area contributed by atoms with Crippen molar-refractivity contribution in [2.24, 2.45) is 10.7 Å². The second-order valence-corrected chi connectivity index (χ2v) is 5.63. The lowest BCUT2D eigenvalue weighted by molar-refractivity contribution is 0.0575. The first kappa shape index (κ1) is 17.2. The minimum atomic E-state index is -0.644. The Morgan fingerprint density at radius 3 is 2.35 bits per heavy atom. The van der Waals surface area contributed by atoms with Gasteiger partial charge in [0.1, 0.15) is 0 Å². The van der Waals surface area contributed by atoms with E-state index in [4.69, 9.17) is 5.73 Å². The number of nitrogens with zero attached hydrogens (tertiary/aromatic N) is 1. The van der Waals surface area contributed by atoms with Gasteiger partial charge in [-0.15, -0.1) is 24.0 Å². The summed E-state index contributed by atoms with van der Waals surface area (Å²) >= 11 is 0. The van der Waals surface area contributed by atoms with Crippen molar-refractivity contribution in [2.75, 3.05) is 11.9 Å². The van der Waals surface area contributed by atoms with Crippen molar-refractivity contribution in [2.45, 2.75) is 45.1 Å². The van der Waals surface area contributed by atoms with Crippen molar-refractivity contribution in [1.29, 1.82) is 0 Å². The summed E-state index contributed by atoms with van der Waals surface area (Å²) in [6, 6.07) is 6.17. The molecule has 1 aliphatic rings. The van der Waals surface area contributed by atoms with Crippen LogP contribution in [0.5, 0.6) is 0 Å². The average Bonchev–Trinajstić information content (AvgIpc) is 2.73. The highest BCUT2D eigenvalue weighted by molar-refractivity contribution is 14.0. The lowest BCUT2D eigenvalue weighted by atomic mass is 10.0. The van der Waals surface area contributed by atoms with Crippen LogP contribution in [-0.2, 0) is 0 Å². The maximum Gasteiger partial charge on any atom is 0.193 e.